The third-order valence-corrected chi connectivity index (χ3v) is 2.53. The van der Waals surface area contributed by atoms with Crippen molar-refractivity contribution in [2.45, 2.75) is 20.3 Å². The van der Waals surface area contributed by atoms with E-state index in [2.05, 4.69) is 16.6 Å². The number of ketones is 1. The smallest absolute Gasteiger partial charge is 0.170 e. The van der Waals surface area contributed by atoms with Crippen LogP contribution >= 0.6 is 0 Å². The number of pyridine rings is 1. The van der Waals surface area contributed by atoms with E-state index in [-0.39, 0.29) is 5.78 Å². The maximum absolute atomic E-state index is 11.8. The Balaban J connectivity index is 2.54. The Morgan fingerprint density at radius 3 is 3.06 bits per heavy atom. The van der Waals surface area contributed by atoms with Gasteiger partial charge >= 0.3 is 0 Å². The van der Waals surface area contributed by atoms with Gasteiger partial charge in [0, 0.05) is 23.9 Å². The number of Topliss-reactive ketones (excluding diaryl/α,β-unsaturated/α-hetero) is 1. The van der Waals surface area contributed by atoms with Gasteiger partial charge in [-0.05, 0) is 19.9 Å². The maximum atomic E-state index is 11.8. The topological polar surface area (TPSA) is 51.6 Å². The number of ether oxygens (including phenoxy) is 1. The van der Waals surface area contributed by atoms with Gasteiger partial charge in [-0.2, -0.15) is 0 Å². The number of hydrogen-bond donors (Lipinski definition) is 0. The molecule has 0 spiro atoms. The number of aromatic nitrogens is 1. The molecule has 0 atom stereocenters. The molecule has 0 aliphatic carbocycles. The van der Waals surface area contributed by atoms with Gasteiger partial charge in [0.2, 0.25) is 0 Å². The van der Waals surface area contributed by atoms with Crippen molar-refractivity contribution in [2.75, 3.05) is 6.61 Å². The van der Waals surface area contributed by atoms with Crippen molar-refractivity contribution in [1.82, 2.24) is 4.98 Å². The summed E-state index contributed by atoms with van der Waals surface area (Å²) in [6.07, 6.45) is 1.96. The lowest BCUT2D eigenvalue weighted by atomic mass is 10.0. The molecule has 0 saturated carbocycles. The zero-order valence-electron chi connectivity index (χ0n) is 9.99. The molecule has 2 heterocycles. The number of rotatable bonds is 3. The van der Waals surface area contributed by atoms with E-state index in [0.717, 1.165) is 5.71 Å². The zero-order valence-corrected chi connectivity index (χ0v) is 9.99. The molecule has 1 aromatic rings. The van der Waals surface area contributed by atoms with Crippen LogP contribution in [0.4, 0.5) is 5.69 Å². The zero-order chi connectivity index (χ0) is 12.4. The lowest BCUT2D eigenvalue weighted by Gasteiger charge is -2.16. The first-order valence-corrected chi connectivity index (χ1v) is 5.52. The van der Waals surface area contributed by atoms with E-state index >= 15 is 0 Å². The third kappa shape index (κ3) is 2.11. The summed E-state index contributed by atoms with van der Waals surface area (Å²) >= 11 is 0. The molecule has 0 N–H and O–H groups in total. The maximum Gasteiger partial charge on any atom is 0.170 e. The van der Waals surface area contributed by atoms with Gasteiger partial charge in [-0.15, -0.1) is 0 Å². The van der Waals surface area contributed by atoms with E-state index < -0.39 is 0 Å². The molecule has 17 heavy (non-hydrogen) atoms. The number of carbonyl (C=O) groups excluding carboxylic acids is 1. The quantitative estimate of drug-likeness (QED) is 0.750. The third-order valence-electron chi connectivity index (χ3n) is 2.53. The molecule has 1 aliphatic rings. The van der Waals surface area contributed by atoms with E-state index in [4.69, 9.17) is 4.74 Å². The highest BCUT2D eigenvalue weighted by molar-refractivity contribution is 6.15. The molecule has 4 heteroatoms. The van der Waals surface area contributed by atoms with Gasteiger partial charge in [-0.25, -0.2) is 0 Å². The average Bonchev–Trinajstić information content (AvgIpc) is 2.28. The Bertz CT molecular complexity index is 518. The normalized spacial score (nSPS) is 14.0. The van der Waals surface area contributed by atoms with Crippen molar-refractivity contribution in [3.05, 3.63) is 30.1 Å². The Kier molecular flexibility index (Phi) is 3.04. The van der Waals surface area contributed by atoms with Gasteiger partial charge in [0.1, 0.15) is 17.1 Å². The molecule has 0 amide bonds. The molecule has 0 aromatic carbocycles. The van der Waals surface area contributed by atoms with Crippen molar-refractivity contribution < 1.29 is 9.53 Å². The van der Waals surface area contributed by atoms with Gasteiger partial charge in [-0.1, -0.05) is 6.58 Å². The van der Waals surface area contributed by atoms with Crippen LogP contribution in [0.5, 0.6) is 0 Å². The predicted molar refractivity (Wildman–Crippen MR) is 66.6 cm³/mol. The minimum Gasteiger partial charge on any atom is -0.492 e. The molecule has 88 valence electrons. The second-order valence-electron chi connectivity index (χ2n) is 3.86. The van der Waals surface area contributed by atoms with E-state index in [1.165, 1.54) is 0 Å². The highest BCUT2D eigenvalue weighted by atomic mass is 16.5. The molecule has 4 nitrogen and oxygen atoms in total. The van der Waals surface area contributed by atoms with Gasteiger partial charge in [-0.3, -0.25) is 14.8 Å². The summed E-state index contributed by atoms with van der Waals surface area (Å²) in [6.45, 7) is 8.03. The monoisotopic (exact) mass is 230 g/mol. The SMILES string of the molecule is C=C(OCC)c1nccc2c1N=C(C)CC2=O. The van der Waals surface area contributed by atoms with Crippen LogP contribution in [0.2, 0.25) is 0 Å². The number of carbonyl (C=O) groups is 1. The van der Waals surface area contributed by atoms with Crippen LogP contribution in [0.3, 0.4) is 0 Å². The van der Waals surface area contributed by atoms with E-state index in [0.29, 0.717) is 35.7 Å². The van der Waals surface area contributed by atoms with Crippen molar-refractivity contribution >= 4 is 22.9 Å². The average molecular weight is 230 g/mol. The van der Waals surface area contributed by atoms with Crippen molar-refractivity contribution in [2.24, 2.45) is 4.99 Å². The van der Waals surface area contributed by atoms with Gasteiger partial charge < -0.3 is 4.74 Å². The van der Waals surface area contributed by atoms with Gasteiger partial charge in [0.25, 0.3) is 0 Å². The van der Waals surface area contributed by atoms with Crippen molar-refractivity contribution in [3.8, 4) is 0 Å². The van der Waals surface area contributed by atoms with Crippen molar-refractivity contribution in [1.29, 1.82) is 0 Å². The van der Waals surface area contributed by atoms with Crippen LogP contribution in [0.15, 0.2) is 23.8 Å². The van der Waals surface area contributed by atoms with Crippen LogP contribution in [0, 0.1) is 0 Å². The fourth-order valence-electron chi connectivity index (χ4n) is 1.80. The molecule has 1 aliphatic heterocycles. The van der Waals surface area contributed by atoms with Crippen LogP contribution in [-0.2, 0) is 4.74 Å². The lowest BCUT2D eigenvalue weighted by Crippen LogP contribution is -2.12. The molecule has 0 radical (unpaired) electrons. The first-order chi connectivity index (χ1) is 8.13. The van der Waals surface area contributed by atoms with Gasteiger partial charge in [0.15, 0.2) is 5.78 Å². The number of nitrogens with zero attached hydrogens (tertiary/aromatic N) is 2. The van der Waals surface area contributed by atoms with Gasteiger partial charge in [0.05, 0.1) is 6.61 Å². The highest BCUT2D eigenvalue weighted by Gasteiger charge is 2.22. The Morgan fingerprint density at radius 1 is 1.59 bits per heavy atom. The molecule has 0 bridgehead atoms. The molecular formula is C13H14N2O2. The first kappa shape index (κ1) is 11.5. The minimum absolute atomic E-state index is 0.0699. The number of hydrogen-bond acceptors (Lipinski definition) is 4. The molecular weight excluding hydrogens is 216 g/mol. The summed E-state index contributed by atoms with van der Waals surface area (Å²) in [6, 6.07) is 1.69. The Labute approximate surface area is 100 Å². The summed E-state index contributed by atoms with van der Waals surface area (Å²) in [7, 11) is 0. The molecule has 1 aromatic heterocycles. The second kappa shape index (κ2) is 4.49. The van der Waals surface area contributed by atoms with Crippen LogP contribution in [0.1, 0.15) is 36.3 Å². The number of aliphatic imine (C=N–C) groups is 1. The Hall–Kier alpha value is -1.97. The predicted octanol–water partition coefficient (Wildman–Crippen LogP) is 2.77. The van der Waals surface area contributed by atoms with Crippen LogP contribution in [0.25, 0.3) is 5.76 Å². The second-order valence-corrected chi connectivity index (χ2v) is 3.86. The number of fused-ring (bicyclic) bond motifs is 1. The molecule has 0 unspecified atom stereocenters. The fraction of sp³-hybridized carbons (Fsp3) is 0.308. The van der Waals surface area contributed by atoms with Crippen molar-refractivity contribution in [3.63, 3.8) is 0 Å². The minimum atomic E-state index is 0.0699. The summed E-state index contributed by atoms with van der Waals surface area (Å²) in [5.74, 6) is 0.524. The van der Waals surface area contributed by atoms with E-state index in [1.54, 1.807) is 12.3 Å². The summed E-state index contributed by atoms with van der Waals surface area (Å²) in [5.41, 5.74) is 2.53. The van der Waals surface area contributed by atoms with E-state index in [9.17, 15) is 4.79 Å². The largest absolute Gasteiger partial charge is 0.492 e. The molecule has 0 fully saturated rings. The standard InChI is InChI=1S/C13H14N2O2/c1-4-17-9(3)12-13-10(5-6-14-12)11(16)7-8(2)15-13/h5-6H,3-4,7H2,1-2H3. The highest BCUT2D eigenvalue weighted by Crippen LogP contribution is 2.32. The summed E-state index contributed by atoms with van der Waals surface area (Å²) in [4.78, 5) is 20.4. The summed E-state index contributed by atoms with van der Waals surface area (Å²) < 4.78 is 5.33. The fourth-order valence-corrected chi connectivity index (χ4v) is 1.80. The van der Waals surface area contributed by atoms with Crippen LogP contribution in [-0.4, -0.2) is 23.1 Å². The van der Waals surface area contributed by atoms with Crippen LogP contribution < -0.4 is 0 Å². The first-order valence-electron chi connectivity index (χ1n) is 5.52. The molecule has 2 rings (SSSR count). The summed E-state index contributed by atoms with van der Waals surface area (Å²) in [5, 5.41) is 0. The lowest BCUT2D eigenvalue weighted by molar-refractivity contribution is 0.0999. The van der Waals surface area contributed by atoms with E-state index in [1.807, 2.05) is 13.8 Å². The molecule has 0 saturated heterocycles. The Morgan fingerprint density at radius 2 is 2.35 bits per heavy atom.